The number of hydrogen-bond acceptors (Lipinski definition) is 3. The van der Waals surface area contributed by atoms with Crippen molar-refractivity contribution in [3.8, 4) is 0 Å². The molecule has 0 radical (unpaired) electrons. The van der Waals surface area contributed by atoms with Crippen LogP contribution in [0.25, 0.3) is 10.8 Å². The van der Waals surface area contributed by atoms with E-state index in [2.05, 4.69) is 32.0 Å². The summed E-state index contributed by atoms with van der Waals surface area (Å²) in [5, 5.41) is 1.88. The summed E-state index contributed by atoms with van der Waals surface area (Å²) in [5.41, 5.74) is 1.89. The molecular formula is C24H35KO3S. The van der Waals surface area contributed by atoms with E-state index in [4.69, 9.17) is 0 Å². The van der Waals surface area contributed by atoms with Crippen molar-refractivity contribution in [1.29, 1.82) is 0 Å². The summed E-state index contributed by atoms with van der Waals surface area (Å²) in [5.74, 6) is 0. The molecule has 3 nitrogen and oxygen atoms in total. The van der Waals surface area contributed by atoms with Gasteiger partial charge in [0.05, 0.1) is 4.90 Å². The van der Waals surface area contributed by atoms with Crippen molar-refractivity contribution in [2.45, 2.75) is 95.8 Å². The SMILES string of the molecule is CCCCCCCc1ccc2cc(CCCCCCC)c(S(=O)(=O)[O-])cc2c1.[K+]. The van der Waals surface area contributed by atoms with Gasteiger partial charge in [0.25, 0.3) is 0 Å². The monoisotopic (exact) mass is 442 g/mol. The van der Waals surface area contributed by atoms with Gasteiger partial charge < -0.3 is 4.55 Å². The van der Waals surface area contributed by atoms with Crippen LogP contribution in [0.2, 0.25) is 0 Å². The van der Waals surface area contributed by atoms with Crippen molar-refractivity contribution in [1.82, 2.24) is 0 Å². The molecule has 0 saturated carbocycles. The molecule has 0 saturated heterocycles. The van der Waals surface area contributed by atoms with Gasteiger partial charge >= 0.3 is 51.4 Å². The summed E-state index contributed by atoms with van der Waals surface area (Å²) in [6.45, 7) is 4.38. The largest absolute Gasteiger partial charge is 1.00 e. The Morgan fingerprint density at radius 1 is 0.724 bits per heavy atom. The predicted molar refractivity (Wildman–Crippen MR) is 117 cm³/mol. The fraction of sp³-hybridized carbons (Fsp3) is 0.583. The Labute approximate surface area is 220 Å². The topological polar surface area (TPSA) is 57.2 Å². The van der Waals surface area contributed by atoms with Crippen LogP contribution in [0.4, 0.5) is 0 Å². The Balaban J connectivity index is 0.00000420. The van der Waals surface area contributed by atoms with Crippen LogP contribution in [0.5, 0.6) is 0 Å². The van der Waals surface area contributed by atoms with Gasteiger partial charge in [0, 0.05) is 0 Å². The van der Waals surface area contributed by atoms with Gasteiger partial charge in [-0.05, 0) is 59.7 Å². The van der Waals surface area contributed by atoms with Crippen molar-refractivity contribution >= 4 is 20.9 Å². The van der Waals surface area contributed by atoms with E-state index in [1.54, 1.807) is 6.07 Å². The normalized spacial score (nSPS) is 11.6. The quantitative estimate of drug-likeness (QED) is 0.269. The number of hydrogen-bond donors (Lipinski definition) is 0. The van der Waals surface area contributed by atoms with Gasteiger partial charge in [-0.1, -0.05) is 83.4 Å². The molecule has 0 aliphatic heterocycles. The maximum atomic E-state index is 11.8. The summed E-state index contributed by atoms with van der Waals surface area (Å²) >= 11 is 0. The average molecular weight is 443 g/mol. The third kappa shape index (κ3) is 9.50. The minimum atomic E-state index is -4.46. The number of fused-ring (bicyclic) bond motifs is 1. The maximum Gasteiger partial charge on any atom is 1.00 e. The van der Waals surface area contributed by atoms with Gasteiger partial charge in [0.2, 0.25) is 0 Å². The minimum Gasteiger partial charge on any atom is -0.744 e. The minimum absolute atomic E-state index is 0. The number of rotatable bonds is 13. The first-order valence-corrected chi connectivity index (χ1v) is 12.4. The molecule has 156 valence electrons. The number of aryl methyl sites for hydroxylation is 2. The van der Waals surface area contributed by atoms with Crippen molar-refractivity contribution in [2.75, 3.05) is 0 Å². The molecule has 2 aromatic carbocycles. The molecule has 29 heavy (non-hydrogen) atoms. The Hall–Kier alpha value is 0.246. The summed E-state index contributed by atoms with van der Waals surface area (Å²) in [7, 11) is -4.46. The van der Waals surface area contributed by atoms with Gasteiger partial charge in [0.15, 0.2) is 0 Å². The van der Waals surface area contributed by atoms with Gasteiger partial charge in [0.1, 0.15) is 10.1 Å². The molecule has 2 rings (SSSR count). The first-order chi connectivity index (χ1) is 13.5. The predicted octanol–water partition coefficient (Wildman–Crippen LogP) is 3.77. The number of unbranched alkanes of at least 4 members (excludes halogenated alkanes) is 8. The van der Waals surface area contributed by atoms with E-state index in [1.165, 1.54) is 44.1 Å². The molecule has 0 aliphatic rings. The maximum absolute atomic E-state index is 11.8. The molecule has 0 fully saturated rings. The summed E-state index contributed by atoms with van der Waals surface area (Å²) in [6.07, 6.45) is 13.3. The van der Waals surface area contributed by atoms with E-state index < -0.39 is 10.1 Å². The molecule has 2 aromatic rings. The van der Waals surface area contributed by atoms with Crippen LogP contribution in [-0.4, -0.2) is 13.0 Å². The molecule has 0 aromatic heterocycles. The fourth-order valence-corrected chi connectivity index (χ4v) is 4.56. The molecule has 0 unspecified atom stereocenters. The van der Waals surface area contributed by atoms with Crippen LogP contribution in [0.1, 0.15) is 89.2 Å². The molecule has 5 heteroatoms. The number of benzene rings is 2. The molecule has 0 atom stereocenters. The third-order valence-electron chi connectivity index (χ3n) is 5.47. The smallest absolute Gasteiger partial charge is 0.744 e. The van der Waals surface area contributed by atoms with E-state index in [-0.39, 0.29) is 56.3 Å². The van der Waals surface area contributed by atoms with Gasteiger partial charge in [-0.2, -0.15) is 0 Å². The first-order valence-electron chi connectivity index (χ1n) is 11.0. The van der Waals surface area contributed by atoms with E-state index in [0.29, 0.717) is 12.0 Å². The van der Waals surface area contributed by atoms with Crippen molar-refractivity contribution < 1.29 is 64.4 Å². The van der Waals surface area contributed by atoms with Crippen LogP contribution in [0.15, 0.2) is 35.2 Å². The molecule has 0 heterocycles. The fourth-order valence-electron chi connectivity index (χ4n) is 3.81. The van der Waals surface area contributed by atoms with E-state index in [0.717, 1.165) is 42.9 Å². The van der Waals surface area contributed by atoms with E-state index >= 15 is 0 Å². The molecule has 0 aliphatic carbocycles. The summed E-state index contributed by atoms with van der Waals surface area (Å²) in [6, 6.07) is 9.76. The second-order valence-corrected chi connectivity index (χ2v) is 9.27. The molecular weight excluding hydrogens is 407 g/mol. The van der Waals surface area contributed by atoms with Crippen molar-refractivity contribution in [2.24, 2.45) is 0 Å². The van der Waals surface area contributed by atoms with Crippen LogP contribution < -0.4 is 51.4 Å². The Morgan fingerprint density at radius 2 is 1.31 bits per heavy atom. The molecule has 0 amide bonds. The zero-order valence-electron chi connectivity index (χ0n) is 18.5. The van der Waals surface area contributed by atoms with Gasteiger partial charge in [-0.3, -0.25) is 0 Å². The van der Waals surface area contributed by atoms with Crippen molar-refractivity contribution in [3.05, 3.63) is 41.5 Å². The van der Waals surface area contributed by atoms with Gasteiger partial charge in [-0.25, -0.2) is 8.42 Å². The van der Waals surface area contributed by atoms with Crippen LogP contribution in [-0.2, 0) is 23.0 Å². The Bertz CT molecular complexity index is 847. The van der Waals surface area contributed by atoms with Gasteiger partial charge in [-0.15, -0.1) is 0 Å². The second kappa shape index (κ2) is 14.3. The van der Waals surface area contributed by atoms with Crippen LogP contribution in [0, 0.1) is 0 Å². The standard InChI is InChI=1S/C24H36O3S.K/c1-3-5-7-9-11-13-20-15-16-21-18-22(14-12-10-8-6-4-2)24(28(25,26)27)19-23(21)17-20;/h15-19H,3-14H2,1-2H3,(H,25,26,27);/q;+1/p-1. The van der Waals surface area contributed by atoms with Crippen molar-refractivity contribution in [3.63, 3.8) is 0 Å². The van der Waals surface area contributed by atoms with E-state index in [9.17, 15) is 13.0 Å². The summed E-state index contributed by atoms with van der Waals surface area (Å²) < 4.78 is 35.5. The Kier molecular flexibility index (Phi) is 13.5. The average Bonchev–Trinajstić information content (AvgIpc) is 2.66. The molecule has 0 bridgehead atoms. The molecule has 0 spiro atoms. The third-order valence-corrected chi connectivity index (χ3v) is 6.39. The zero-order chi connectivity index (χ0) is 20.4. The zero-order valence-corrected chi connectivity index (χ0v) is 22.4. The Morgan fingerprint density at radius 3 is 1.90 bits per heavy atom. The second-order valence-electron chi connectivity index (χ2n) is 7.92. The first kappa shape index (κ1) is 27.3. The van der Waals surface area contributed by atoms with Crippen LogP contribution >= 0.6 is 0 Å². The molecule has 0 N–H and O–H groups in total. The van der Waals surface area contributed by atoms with Crippen LogP contribution in [0.3, 0.4) is 0 Å². The van der Waals surface area contributed by atoms with E-state index in [1.807, 2.05) is 6.07 Å². The summed E-state index contributed by atoms with van der Waals surface area (Å²) in [4.78, 5) is -0.0319.